The molecule has 2 N–H and O–H groups in total. The van der Waals surface area contributed by atoms with Crippen molar-refractivity contribution < 1.29 is 17.9 Å². The quantitative estimate of drug-likeness (QED) is 0.789. The van der Waals surface area contributed by atoms with Gasteiger partial charge in [0.05, 0.1) is 17.6 Å². The van der Waals surface area contributed by atoms with Gasteiger partial charge in [-0.3, -0.25) is 0 Å². The molecule has 1 atom stereocenters. The Morgan fingerprint density at radius 2 is 2.08 bits per heavy atom. The highest BCUT2D eigenvalue weighted by molar-refractivity contribution is 7.92. The first-order valence-corrected chi connectivity index (χ1v) is 10.2. The lowest BCUT2D eigenvalue weighted by Gasteiger charge is -2.12. The third-order valence-electron chi connectivity index (χ3n) is 4.46. The van der Waals surface area contributed by atoms with Crippen LogP contribution in [0.5, 0.6) is 0 Å². The zero-order chi connectivity index (χ0) is 17.0. The Bertz CT molecular complexity index is 686. The van der Waals surface area contributed by atoms with Crippen LogP contribution < -0.4 is 10.6 Å². The first-order valence-electron chi connectivity index (χ1n) is 8.46. The second-order valence-corrected chi connectivity index (χ2v) is 9.03. The number of urea groups is 1. The van der Waals surface area contributed by atoms with Crippen LogP contribution in [0.3, 0.4) is 0 Å². The van der Waals surface area contributed by atoms with Crippen LogP contribution in [0.1, 0.15) is 31.2 Å². The number of carbonyl (C=O) groups is 1. The van der Waals surface area contributed by atoms with E-state index in [1.807, 2.05) is 18.2 Å². The van der Waals surface area contributed by atoms with Crippen molar-refractivity contribution in [1.29, 1.82) is 0 Å². The number of ether oxygens (including phenoxy) is 1. The van der Waals surface area contributed by atoms with E-state index < -0.39 is 15.1 Å². The zero-order valence-corrected chi connectivity index (χ0v) is 14.5. The Hall–Kier alpha value is -1.60. The molecule has 2 amide bonds. The predicted octanol–water partition coefficient (Wildman–Crippen LogP) is 2.31. The second kappa shape index (κ2) is 7.53. The van der Waals surface area contributed by atoms with E-state index in [0.717, 1.165) is 18.1 Å². The third-order valence-corrected chi connectivity index (χ3v) is 6.73. The molecule has 132 valence electrons. The molecular formula is C17H24N2O4S. The molecule has 1 aliphatic carbocycles. The molecule has 2 aliphatic rings. The molecule has 2 fully saturated rings. The summed E-state index contributed by atoms with van der Waals surface area (Å²) in [4.78, 5) is 12.0. The molecule has 0 aromatic heterocycles. The first-order chi connectivity index (χ1) is 11.5. The Labute approximate surface area is 142 Å². The lowest BCUT2D eigenvalue weighted by atomic mass is 10.2. The molecule has 1 saturated heterocycles. The van der Waals surface area contributed by atoms with Crippen molar-refractivity contribution in [2.45, 2.75) is 37.5 Å². The fraction of sp³-hybridized carbons (Fsp3) is 0.588. The molecule has 6 nitrogen and oxygen atoms in total. The monoisotopic (exact) mass is 352 g/mol. The number of hydrogen-bond acceptors (Lipinski definition) is 4. The minimum atomic E-state index is -3.03. The topological polar surface area (TPSA) is 84.5 Å². The highest BCUT2D eigenvalue weighted by Gasteiger charge is 2.31. The molecule has 1 aromatic rings. The summed E-state index contributed by atoms with van der Waals surface area (Å²) in [6.07, 6.45) is 3.83. The average molecular weight is 352 g/mol. The number of carbonyl (C=O) groups excluding carboxylic acids is 1. The highest BCUT2D eigenvalue weighted by Crippen LogP contribution is 2.29. The van der Waals surface area contributed by atoms with Crippen LogP contribution in [0, 0.1) is 5.92 Å². The lowest BCUT2D eigenvalue weighted by molar-refractivity contribution is 0.111. The number of nitrogens with one attached hydrogen (secondary N) is 2. The van der Waals surface area contributed by atoms with Crippen LogP contribution in [0.25, 0.3) is 0 Å². The lowest BCUT2D eigenvalue weighted by Crippen LogP contribution is -2.37. The summed E-state index contributed by atoms with van der Waals surface area (Å²) < 4.78 is 29.1. The molecule has 0 radical (unpaired) electrons. The van der Waals surface area contributed by atoms with E-state index in [4.69, 9.17) is 4.74 Å². The van der Waals surface area contributed by atoms with Crippen molar-refractivity contribution in [3.63, 3.8) is 0 Å². The number of rotatable bonds is 7. The second-order valence-electron chi connectivity index (χ2n) is 6.63. The zero-order valence-electron chi connectivity index (χ0n) is 13.7. The molecule has 0 bridgehead atoms. The summed E-state index contributed by atoms with van der Waals surface area (Å²) in [6.45, 7) is 1.50. The van der Waals surface area contributed by atoms with Gasteiger partial charge in [-0.2, -0.15) is 0 Å². The van der Waals surface area contributed by atoms with Crippen molar-refractivity contribution in [1.82, 2.24) is 5.32 Å². The molecule has 24 heavy (non-hydrogen) atoms. The number of sulfone groups is 1. The molecule has 1 saturated carbocycles. The normalized spacial score (nSPS) is 22.2. The summed E-state index contributed by atoms with van der Waals surface area (Å²) in [7, 11) is -3.03. The van der Waals surface area contributed by atoms with Gasteiger partial charge in [0.2, 0.25) is 0 Å². The Kier molecular flexibility index (Phi) is 5.40. The first kappa shape index (κ1) is 17.2. The third kappa shape index (κ3) is 4.95. The molecule has 1 unspecified atom stereocenters. The average Bonchev–Trinajstić information content (AvgIpc) is 3.29. The maximum absolute atomic E-state index is 12.0. The van der Waals surface area contributed by atoms with Gasteiger partial charge < -0.3 is 15.4 Å². The predicted molar refractivity (Wildman–Crippen MR) is 92.7 cm³/mol. The van der Waals surface area contributed by atoms with Gasteiger partial charge in [0, 0.05) is 18.8 Å². The van der Waals surface area contributed by atoms with Crippen molar-refractivity contribution in [3.8, 4) is 0 Å². The van der Waals surface area contributed by atoms with Gasteiger partial charge in [0.25, 0.3) is 0 Å². The van der Waals surface area contributed by atoms with Crippen LogP contribution in [-0.2, 0) is 21.2 Å². The standard InChI is InChI=1S/C17H24N2O4S/c20-17(18-10-16-5-2-8-24(16,21)22)19-15-4-1-3-14(9-15)12-23-11-13-6-7-13/h1,3-4,9,13,16H,2,5-8,10-12H2,(H2,18,19,20). The maximum Gasteiger partial charge on any atom is 0.319 e. The van der Waals surface area contributed by atoms with Gasteiger partial charge >= 0.3 is 6.03 Å². The summed E-state index contributed by atoms with van der Waals surface area (Å²) in [6, 6.07) is 7.12. The maximum atomic E-state index is 12.0. The van der Waals surface area contributed by atoms with E-state index in [9.17, 15) is 13.2 Å². The Balaban J connectivity index is 1.45. The fourth-order valence-electron chi connectivity index (χ4n) is 2.84. The molecular weight excluding hydrogens is 328 g/mol. The number of amides is 2. The van der Waals surface area contributed by atoms with Crippen LogP contribution in [-0.4, -0.2) is 38.6 Å². The molecule has 0 spiro atoms. The van der Waals surface area contributed by atoms with Crippen LogP contribution in [0.15, 0.2) is 24.3 Å². The summed E-state index contributed by atoms with van der Waals surface area (Å²) in [5.41, 5.74) is 1.68. The minimum absolute atomic E-state index is 0.165. The van der Waals surface area contributed by atoms with Crippen molar-refractivity contribution in [2.24, 2.45) is 5.92 Å². The van der Waals surface area contributed by atoms with Gasteiger partial charge in [-0.15, -0.1) is 0 Å². The van der Waals surface area contributed by atoms with E-state index in [0.29, 0.717) is 25.1 Å². The van der Waals surface area contributed by atoms with E-state index in [-0.39, 0.29) is 18.3 Å². The Morgan fingerprint density at radius 1 is 1.25 bits per heavy atom. The van der Waals surface area contributed by atoms with E-state index in [1.165, 1.54) is 12.8 Å². The Morgan fingerprint density at radius 3 is 2.79 bits per heavy atom. The highest BCUT2D eigenvalue weighted by atomic mass is 32.2. The van der Waals surface area contributed by atoms with Gasteiger partial charge in [0.1, 0.15) is 0 Å². The van der Waals surface area contributed by atoms with Crippen LogP contribution in [0.2, 0.25) is 0 Å². The smallest absolute Gasteiger partial charge is 0.319 e. The van der Waals surface area contributed by atoms with E-state index in [1.54, 1.807) is 6.07 Å². The number of anilines is 1. The van der Waals surface area contributed by atoms with Gasteiger partial charge in [0.15, 0.2) is 9.84 Å². The summed E-state index contributed by atoms with van der Waals surface area (Å²) in [5.74, 6) is 0.952. The SMILES string of the molecule is O=C(NCC1CCCS1(=O)=O)Nc1cccc(COCC2CC2)c1. The summed E-state index contributed by atoms with van der Waals surface area (Å²) in [5, 5.41) is 4.95. The number of benzene rings is 1. The van der Waals surface area contributed by atoms with Gasteiger partial charge in [-0.05, 0) is 49.3 Å². The van der Waals surface area contributed by atoms with Gasteiger partial charge in [-0.25, -0.2) is 13.2 Å². The van der Waals surface area contributed by atoms with Crippen molar-refractivity contribution in [3.05, 3.63) is 29.8 Å². The van der Waals surface area contributed by atoms with Crippen LogP contribution >= 0.6 is 0 Å². The fourth-order valence-corrected chi connectivity index (χ4v) is 4.60. The number of hydrogen-bond donors (Lipinski definition) is 2. The largest absolute Gasteiger partial charge is 0.376 e. The molecule has 3 rings (SSSR count). The van der Waals surface area contributed by atoms with Crippen molar-refractivity contribution in [2.75, 3.05) is 24.2 Å². The minimum Gasteiger partial charge on any atom is -0.376 e. The molecule has 1 aromatic carbocycles. The summed E-state index contributed by atoms with van der Waals surface area (Å²) >= 11 is 0. The molecule has 7 heteroatoms. The van der Waals surface area contributed by atoms with E-state index >= 15 is 0 Å². The molecule has 1 heterocycles. The van der Waals surface area contributed by atoms with Crippen molar-refractivity contribution >= 4 is 21.6 Å². The van der Waals surface area contributed by atoms with E-state index in [2.05, 4.69) is 10.6 Å². The van der Waals surface area contributed by atoms with Gasteiger partial charge in [-0.1, -0.05) is 12.1 Å². The van der Waals surface area contributed by atoms with Crippen LogP contribution in [0.4, 0.5) is 10.5 Å². The molecule has 1 aliphatic heterocycles.